The first kappa shape index (κ1) is 18.2. The minimum Gasteiger partial charge on any atom is -0.507 e. The van der Waals surface area contributed by atoms with Crippen LogP contribution in [0.4, 0.5) is 0 Å². The maximum Gasteiger partial charge on any atom is 0.329 e. The summed E-state index contributed by atoms with van der Waals surface area (Å²) >= 11 is 0. The quantitative estimate of drug-likeness (QED) is 0.778. The SMILES string of the molecule is O=C(COC(=O)C1CCCN1C(=O)c1ccccc1O)NC1CCCC1. The van der Waals surface area contributed by atoms with Crippen LogP contribution in [0.5, 0.6) is 5.75 Å². The van der Waals surface area contributed by atoms with Crippen LogP contribution in [-0.4, -0.2) is 53.0 Å². The normalized spacial score (nSPS) is 20.2. The lowest BCUT2D eigenvalue weighted by Gasteiger charge is -2.23. The van der Waals surface area contributed by atoms with E-state index in [4.69, 9.17) is 4.74 Å². The second-order valence-electron chi connectivity index (χ2n) is 6.83. The zero-order chi connectivity index (χ0) is 18.5. The number of para-hydroxylation sites is 1. The van der Waals surface area contributed by atoms with Gasteiger partial charge in [-0.25, -0.2) is 4.79 Å². The number of ether oxygens (including phenoxy) is 1. The van der Waals surface area contributed by atoms with Crippen molar-refractivity contribution in [3.05, 3.63) is 29.8 Å². The molecule has 0 spiro atoms. The Hall–Kier alpha value is -2.57. The van der Waals surface area contributed by atoms with Gasteiger partial charge in [0.15, 0.2) is 6.61 Å². The molecule has 2 fully saturated rings. The molecule has 1 heterocycles. The van der Waals surface area contributed by atoms with Gasteiger partial charge in [-0.05, 0) is 37.8 Å². The monoisotopic (exact) mass is 360 g/mol. The molecule has 140 valence electrons. The number of nitrogens with one attached hydrogen (secondary N) is 1. The van der Waals surface area contributed by atoms with E-state index >= 15 is 0 Å². The molecule has 1 aromatic rings. The summed E-state index contributed by atoms with van der Waals surface area (Å²) in [4.78, 5) is 38.3. The number of esters is 1. The first-order valence-corrected chi connectivity index (χ1v) is 9.11. The number of aromatic hydroxyl groups is 1. The molecule has 1 saturated carbocycles. The summed E-state index contributed by atoms with van der Waals surface area (Å²) < 4.78 is 5.14. The van der Waals surface area contributed by atoms with Crippen LogP contribution in [-0.2, 0) is 14.3 Å². The van der Waals surface area contributed by atoms with Crippen molar-refractivity contribution in [1.82, 2.24) is 10.2 Å². The topological polar surface area (TPSA) is 95.9 Å². The van der Waals surface area contributed by atoms with E-state index in [0.717, 1.165) is 25.7 Å². The second kappa shape index (κ2) is 8.21. The third-order valence-corrected chi connectivity index (χ3v) is 4.99. The van der Waals surface area contributed by atoms with Gasteiger partial charge in [0.2, 0.25) is 0 Å². The smallest absolute Gasteiger partial charge is 0.329 e. The molecule has 1 aromatic carbocycles. The van der Waals surface area contributed by atoms with Gasteiger partial charge in [0.25, 0.3) is 11.8 Å². The van der Waals surface area contributed by atoms with E-state index in [1.165, 1.54) is 17.0 Å². The highest BCUT2D eigenvalue weighted by Gasteiger charge is 2.36. The van der Waals surface area contributed by atoms with Crippen molar-refractivity contribution >= 4 is 17.8 Å². The highest BCUT2D eigenvalue weighted by molar-refractivity contribution is 5.99. The molecule has 26 heavy (non-hydrogen) atoms. The van der Waals surface area contributed by atoms with Crippen LogP contribution in [0.2, 0.25) is 0 Å². The molecule has 7 heteroatoms. The van der Waals surface area contributed by atoms with Crippen LogP contribution in [0.3, 0.4) is 0 Å². The number of benzene rings is 1. The molecular weight excluding hydrogens is 336 g/mol. The molecule has 2 amide bonds. The molecule has 1 aliphatic heterocycles. The molecule has 7 nitrogen and oxygen atoms in total. The highest BCUT2D eigenvalue weighted by Crippen LogP contribution is 2.25. The summed E-state index contributed by atoms with van der Waals surface area (Å²) in [6.45, 7) is 0.0889. The molecule has 1 atom stereocenters. The zero-order valence-corrected chi connectivity index (χ0v) is 14.6. The fourth-order valence-electron chi connectivity index (χ4n) is 3.64. The number of rotatable bonds is 5. The summed E-state index contributed by atoms with van der Waals surface area (Å²) in [5, 5.41) is 12.7. The molecule has 0 aromatic heterocycles. The fraction of sp³-hybridized carbons (Fsp3) is 0.526. The average Bonchev–Trinajstić information content (AvgIpc) is 3.31. The highest BCUT2D eigenvalue weighted by atomic mass is 16.5. The van der Waals surface area contributed by atoms with Crippen molar-refractivity contribution in [3.8, 4) is 5.75 Å². The number of carbonyl (C=O) groups excluding carboxylic acids is 3. The largest absolute Gasteiger partial charge is 0.507 e. The van der Waals surface area contributed by atoms with Crippen molar-refractivity contribution < 1.29 is 24.2 Å². The molecule has 3 rings (SSSR count). The Labute approximate surface area is 152 Å². The van der Waals surface area contributed by atoms with Gasteiger partial charge in [-0.1, -0.05) is 25.0 Å². The minimum atomic E-state index is -0.721. The summed E-state index contributed by atoms with van der Waals surface area (Å²) in [5.41, 5.74) is 0.158. The minimum absolute atomic E-state index is 0.118. The van der Waals surface area contributed by atoms with Crippen molar-refractivity contribution in [3.63, 3.8) is 0 Å². The second-order valence-corrected chi connectivity index (χ2v) is 6.83. The van der Waals surface area contributed by atoms with Gasteiger partial charge in [0.1, 0.15) is 11.8 Å². The number of phenols is 1. The Bertz CT molecular complexity index is 684. The van der Waals surface area contributed by atoms with Crippen LogP contribution in [0.1, 0.15) is 48.9 Å². The van der Waals surface area contributed by atoms with Gasteiger partial charge in [-0.2, -0.15) is 0 Å². The molecule has 1 unspecified atom stereocenters. The molecule has 0 radical (unpaired) electrons. The lowest BCUT2D eigenvalue weighted by molar-refractivity contribution is -0.152. The van der Waals surface area contributed by atoms with E-state index in [1.807, 2.05) is 0 Å². The van der Waals surface area contributed by atoms with Crippen LogP contribution in [0.15, 0.2) is 24.3 Å². The predicted molar refractivity (Wildman–Crippen MR) is 93.5 cm³/mol. The number of nitrogens with zero attached hydrogens (tertiary/aromatic N) is 1. The van der Waals surface area contributed by atoms with Gasteiger partial charge in [0.05, 0.1) is 5.56 Å². The summed E-state index contributed by atoms with van der Waals surface area (Å²) in [5.74, 6) is -1.40. The van der Waals surface area contributed by atoms with E-state index in [1.54, 1.807) is 12.1 Å². The standard InChI is InChI=1S/C19H24N2O5/c22-16-10-4-3-8-14(16)18(24)21-11-5-9-15(21)19(25)26-12-17(23)20-13-6-1-2-7-13/h3-4,8,10,13,15,22H,1-2,5-7,9,11-12H2,(H,20,23). The summed E-state index contributed by atoms with van der Waals surface area (Å²) in [6.07, 6.45) is 5.30. The van der Waals surface area contributed by atoms with Gasteiger partial charge in [-0.3, -0.25) is 9.59 Å². The molecule has 1 saturated heterocycles. The van der Waals surface area contributed by atoms with E-state index in [-0.39, 0.29) is 29.9 Å². The Kier molecular flexibility index (Phi) is 5.75. The Morgan fingerprint density at radius 2 is 1.85 bits per heavy atom. The lowest BCUT2D eigenvalue weighted by atomic mass is 10.1. The zero-order valence-electron chi connectivity index (χ0n) is 14.6. The molecule has 2 N–H and O–H groups in total. The van der Waals surface area contributed by atoms with E-state index in [2.05, 4.69) is 5.32 Å². The molecule has 0 bridgehead atoms. The van der Waals surface area contributed by atoms with E-state index in [9.17, 15) is 19.5 Å². The van der Waals surface area contributed by atoms with E-state index < -0.39 is 17.9 Å². The lowest BCUT2D eigenvalue weighted by Crippen LogP contribution is -2.43. The Balaban J connectivity index is 1.55. The Morgan fingerprint density at radius 1 is 1.12 bits per heavy atom. The predicted octanol–water partition coefficient (Wildman–Crippen LogP) is 1.60. The number of hydrogen-bond donors (Lipinski definition) is 2. The number of amides is 2. The average molecular weight is 360 g/mol. The van der Waals surface area contributed by atoms with Crippen LogP contribution in [0, 0.1) is 0 Å². The summed E-state index contributed by atoms with van der Waals surface area (Å²) in [7, 11) is 0. The van der Waals surface area contributed by atoms with Crippen molar-refractivity contribution in [2.75, 3.05) is 13.2 Å². The first-order chi connectivity index (χ1) is 12.6. The Morgan fingerprint density at radius 3 is 2.58 bits per heavy atom. The van der Waals surface area contributed by atoms with Crippen molar-refractivity contribution in [2.45, 2.75) is 50.6 Å². The number of likely N-dealkylation sites (tertiary alicyclic amines) is 1. The first-order valence-electron chi connectivity index (χ1n) is 9.11. The number of carbonyl (C=O) groups is 3. The van der Waals surface area contributed by atoms with Gasteiger partial charge >= 0.3 is 5.97 Å². The third kappa shape index (κ3) is 4.15. The van der Waals surface area contributed by atoms with Crippen LogP contribution >= 0.6 is 0 Å². The van der Waals surface area contributed by atoms with Gasteiger partial charge < -0.3 is 20.1 Å². The van der Waals surface area contributed by atoms with Crippen molar-refractivity contribution in [1.29, 1.82) is 0 Å². The molecular formula is C19H24N2O5. The summed E-state index contributed by atoms with van der Waals surface area (Å²) in [6, 6.07) is 5.69. The van der Waals surface area contributed by atoms with E-state index in [0.29, 0.717) is 19.4 Å². The van der Waals surface area contributed by atoms with Gasteiger partial charge in [0, 0.05) is 12.6 Å². The fourth-order valence-corrected chi connectivity index (χ4v) is 3.64. The number of hydrogen-bond acceptors (Lipinski definition) is 5. The third-order valence-electron chi connectivity index (χ3n) is 4.99. The maximum absolute atomic E-state index is 12.6. The molecule has 2 aliphatic rings. The molecule has 1 aliphatic carbocycles. The van der Waals surface area contributed by atoms with Crippen LogP contribution < -0.4 is 5.32 Å². The van der Waals surface area contributed by atoms with Gasteiger partial charge in [-0.15, -0.1) is 0 Å². The van der Waals surface area contributed by atoms with Crippen molar-refractivity contribution in [2.24, 2.45) is 0 Å². The number of phenolic OH excluding ortho intramolecular Hbond substituents is 1. The maximum atomic E-state index is 12.6. The van der Waals surface area contributed by atoms with Crippen LogP contribution in [0.25, 0.3) is 0 Å².